The summed E-state index contributed by atoms with van der Waals surface area (Å²) in [5.74, 6) is -0.511. The quantitative estimate of drug-likeness (QED) is 0.647. The van der Waals surface area contributed by atoms with E-state index in [-0.39, 0.29) is 31.9 Å². The number of amides is 1. The van der Waals surface area contributed by atoms with Crippen molar-refractivity contribution in [2.45, 2.75) is 13.5 Å². The minimum absolute atomic E-state index is 0.0128. The van der Waals surface area contributed by atoms with Gasteiger partial charge in [0.2, 0.25) is 5.91 Å². The van der Waals surface area contributed by atoms with Crippen molar-refractivity contribution in [2.75, 3.05) is 13.5 Å². The molecule has 0 unspecified atom stereocenters. The molecule has 1 aromatic rings. The highest BCUT2D eigenvalue weighted by Crippen LogP contribution is 2.20. The fourth-order valence-corrected chi connectivity index (χ4v) is 1.52. The van der Waals surface area contributed by atoms with Gasteiger partial charge in [-0.2, -0.15) is 0 Å². The second-order valence-electron chi connectivity index (χ2n) is 3.25. The molecule has 6 heteroatoms. The van der Waals surface area contributed by atoms with Gasteiger partial charge in [-0.25, -0.2) is 4.39 Å². The Kier molecular flexibility index (Phi) is 6.10. The lowest BCUT2D eigenvalue weighted by atomic mass is 10.2. The van der Waals surface area contributed by atoms with Gasteiger partial charge in [0.15, 0.2) is 0 Å². The second-order valence-corrected chi connectivity index (χ2v) is 4.10. The van der Waals surface area contributed by atoms with Crippen molar-refractivity contribution in [1.29, 1.82) is 0 Å². The van der Waals surface area contributed by atoms with Gasteiger partial charge in [-0.15, -0.1) is 0 Å². The number of carbonyl (C=O) groups excluding carboxylic acids is 1. The van der Waals surface area contributed by atoms with Gasteiger partial charge < -0.3 is 14.8 Å². The molecule has 0 radical (unpaired) electrons. The molecule has 1 N–H and O–H groups in total. The Morgan fingerprint density at radius 1 is 1.47 bits per heavy atom. The molecule has 0 saturated carbocycles. The molecule has 94 valence electrons. The highest BCUT2D eigenvalue weighted by Gasteiger charge is 2.05. The third-order valence-electron chi connectivity index (χ3n) is 1.90. The van der Waals surface area contributed by atoms with Crippen molar-refractivity contribution in [1.82, 2.24) is 5.32 Å². The minimum atomic E-state index is -0.332. The van der Waals surface area contributed by atoms with Crippen molar-refractivity contribution in [3.05, 3.63) is 34.1 Å². The molecule has 0 aromatic heterocycles. The van der Waals surface area contributed by atoms with Crippen molar-refractivity contribution in [3.8, 4) is 0 Å². The summed E-state index contributed by atoms with van der Waals surface area (Å²) < 4.78 is 24.0. The van der Waals surface area contributed by atoms with Gasteiger partial charge in [-0.05, 0) is 12.1 Å². The molecule has 4 nitrogen and oxygen atoms in total. The first-order chi connectivity index (χ1) is 8.11. The molecule has 0 fully saturated rings. The Morgan fingerprint density at radius 2 is 2.24 bits per heavy atom. The fraction of sp³-hybridized carbons (Fsp3) is 0.364. The molecule has 0 heterocycles. The molecular weight excluding hydrogens is 293 g/mol. The summed E-state index contributed by atoms with van der Waals surface area (Å²) in [6.45, 7) is 1.56. The summed E-state index contributed by atoms with van der Waals surface area (Å²) in [7, 11) is 0. The molecule has 0 aliphatic heterocycles. The van der Waals surface area contributed by atoms with E-state index in [9.17, 15) is 9.18 Å². The smallest absolute Gasteiger partial charge is 0.218 e. The summed E-state index contributed by atoms with van der Waals surface area (Å²) in [5, 5.41) is 2.44. The standard InChI is InChI=1S/C11H13BrFNO3/c1-8(15)14-6-17-7-16-5-9-10(12)3-2-4-11(9)13/h2-4H,5-7H2,1H3,(H,14,15). The van der Waals surface area contributed by atoms with Gasteiger partial charge in [0.05, 0.1) is 6.61 Å². The Hall–Kier alpha value is -0.980. The van der Waals surface area contributed by atoms with Gasteiger partial charge in [-0.3, -0.25) is 4.79 Å². The Balaban J connectivity index is 2.24. The SMILES string of the molecule is CC(=O)NCOCOCc1c(F)cccc1Br. The number of halogens is 2. The monoisotopic (exact) mass is 305 g/mol. The Bertz CT molecular complexity index is 367. The second kappa shape index (κ2) is 7.37. The summed E-state index contributed by atoms with van der Waals surface area (Å²) >= 11 is 3.23. The van der Waals surface area contributed by atoms with Gasteiger partial charge in [0.1, 0.15) is 19.3 Å². The van der Waals surface area contributed by atoms with Crippen molar-refractivity contribution >= 4 is 21.8 Å². The first-order valence-electron chi connectivity index (χ1n) is 4.94. The molecule has 1 rings (SSSR count). The van der Waals surface area contributed by atoms with E-state index in [1.165, 1.54) is 13.0 Å². The summed E-state index contributed by atoms with van der Waals surface area (Å²) in [6, 6.07) is 4.71. The minimum Gasteiger partial charge on any atom is -0.351 e. The predicted molar refractivity (Wildman–Crippen MR) is 63.5 cm³/mol. The molecule has 0 spiro atoms. The van der Waals surface area contributed by atoms with Gasteiger partial charge in [0, 0.05) is 17.0 Å². The molecule has 0 atom stereocenters. The number of benzene rings is 1. The van der Waals surface area contributed by atoms with E-state index in [0.29, 0.717) is 10.0 Å². The van der Waals surface area contributed by atoms with Crippen LogP contribution in [0.2, 0.25) is 0 Å². The normalized spacial score (nSPS) is 10.3. The lowest BCUT2D eigenvalue weighted by Gasteiger charge is -2.08. The largest absolute Gasteiger partial charge is 0.351 e. The van der Waals surface area contributed by atoms with Crippen LogP contribution in [-0.4, -0.2) is 19.4 Å². The van der Waals surface area contributed by atoms with Crippen LogP contribution in [0.15, 0.2) is 22.7 Å². The van der Waals surface area contributed by atoms with Gasteiger partial charge >= 0.3 is 0 Å². The molecular formula is C11H13BrFNO3. The van der Waals surface area contributed by atoms with Crippen LogP contribution in [0.4, 0.5) is 4.39 Å². The van der Waals surface area contributed by atoms with E-state index in [1.807, 2.05) is 0 Å². The average molecular weight is 306 g/mol. The number of rotatable bonds is 6. The van der Waals surface area contributed by atoms with Crippen LogP contribution >= 0.6 is 15.9 Å². The molecule has 0 aliphatic rings. The first-order valence-corrected chi connectivity index (χ1v) is 5.73. The molecule has 1 amide bonds. The van der Waals surface area contributed by atoms with Crippen LogP contribution in [0.25, 0.3) is 0 Å². The zero-order chi connectivity index (χ0) is 12.7. The van der Waals surface area contributed by atoms with E-state index in [2.05, 4.69) is 21.2 Å². The maximum Gasteiger partial charge on any atom is 0.218 e. The first kappa shape index (κ1) is 14.1. The van der Waals surface area contributed by atoms with Crippen LogP contribution in [0.1, 0.15) is 12.5 Å². The third kappa shape index (κ3) is 5.25. The average Bonchev–Trinajstić information content (AvgIpc) is 2.26. The summed E-state index contributed by atoms with van der Waals surface area (Å²) in [5.41, 5.74) is 0.440. The Labute approximate surface area is 107 Å². The summed E-state index contributed by atoms with van der Waals surface area (Å²) in [6.07, 6.45) is 0. The highest BCUT2D eigenvalue weighted by molar-refractivity contribution is 9.10. The molecule has 0 aliphatic carbocycles. The molecule has 17 heavy (non-hydrogen) atoms. The molecule has 0 bridgehead atoms. The van der Waals surface area contributed by atoms with E-state index in [0.717, 1.165) is 0 Å². The Morgan fingerprint density at radius 3 is 2.88 bits per heavy atom. The molecule has 1 aromatic carbocycles. The van der Waals surface area contributed by atoms with Crippen LogP contribution in [0, 0.1) is 5.82 Å². The van der Waals surface area contributed by atoms with Gasteiger partial charge in [-0.1, -0.05) is 22.0 Å². The van der Waals surface area contributed by atoms with E-state index < -0.39 is 0 Å². The highest BCUT2D eigenvalue weighted by atomic mass is 79.9. The van der Waals surface area contributed by atoms with E-state index >= 15 is 0 Å². The van der Waals surface area contributed by atoms with E-state index in [1.54, 1.807) is 12.1 Å². The molecule has 0 saturated heterocycles. The van der Waals surface area contributed by atoms with Crippen molar-refractivity contribution in [3.63, 3.8) is 0 Å². The summed E-state index contributed by atoms with van der Waals surface area (Å²) in [4.78, 5) is 10.5. The van der Waals surface area contributed by atoms with Crippen molar-refractivity contribution in [2.24, 2.45) is 0 Å². The number of carbonyl (C=O) groups is 1. The van der Waals surface area contributed by atoms with Gasteiger partial charge in [0.25, 0.3) is 0 Å². The number of ether oxygens (including phenoxy) is 2. The lowest BCUT2D eigenvalue weighted by Crippen LogP contribution is -2.23. The maximum absolute atomic E-state index is 13.3. The zero-order valence-corrected chi connectivity index (χ0v) is 10.9. The zero-order valence-electron chi connectivity index (χ0n) is 9.33. The fourth-order valence-electron chi connectivity index (χ4n) is 1.07. The number of nitrogens with one attached hydrogen (secondary N) is 1. The number of hydrogen-bond donors (Lipinski definition) is 1. The third-order valence-corrected chi connectivity index (χ3v) is 2.64. The van der Waals surface area contributed by atoms with Crippen molar-refractivity contribution < 1.29 is 18.7 Å². The van der Waals surface area contributed by atoms with Crippen LogP contribution in [0.5, 0.6) is 0 Å². The lowest BCUT2D eigenvalue weighted by molar-refractivity contribution is -0.123. The maximum atomic E-state index is 13.3. The van der Waals surface area contributed by atoms with Crippen LogP contribution < -0.4 is 5.32 Å². The predicted octanol–water partition coefficient (Wildman–Crippen LogP) is 2.17. The van der Waals surface area contributed by atoms with E-state index in [4.69, 9.17) is 9.47 Å². The topological polar surface area (TPSA) is 47.6 Å². The van der Waals surface area contributed by atoms with Crippen LogP contribution in [-0.2, 0) is 20.9 Å². The number of hydrogen-bond acceptors (Lipinski definition) is 3. The van der Waals surface area contributed by atoms with Crippen LogP contribution in [0.3, 0.4) is 0 Å².